The number of halogens is 1. The van der Waals surface area contributed by atoms with Crippen LogP contribution in [0.15, 0.2) is 15.7 Å². The molecule has 31 heavy (non-hydrogen) atoms. The highest BCUT2D eigenvalue weighted by molar-refractivity contribution is 5.87. The molecule has 0 amide bonds. The third-order valence-corrected chi connectivity index (χ3v) is 6.96. The molecule has 2 aliphatic rings. The molecule has 2 heterocycles. The van der Waals surface area contributed by atoms with Gasteiger partial charge in [-0.3, -0.25) is 9.36 Å². The standard InChI is InChI=1S/C22H29FN6O2/c1-12-17-15(20(30)29(26)21(31)28(17)14-4-5-14)10-16(23)18(12)27-8-6-13(7-9-27)19(25)22(2,3)11-24/h10,13-14,19H,4-9,25-26H2,1-3H3. The Kier molecular flexibility index (Phi) is 5.09. The maximum atomic E-state index is 15.2. The molecule has 9 heteroatoms. The number of piperidine rings is 1. The van der Waals surface area contributed by atoms with Crippen molar-refractivity contribution in [1.82, 2.24) is 9.24 Å². The molecule has 0 spiro atoms. The van der Waals surface area contributed by atoms with E-state index in [-0.39, 0.29) is 23.4 Å². The largest absolute Gasteiger partial charge is 0.369 e. The Morgan fingerprint density at radius 3 is 2.39 bits per heavy atom. The highest BCUT2D eigenvalue weighted by atomic mass is 19.1. The van der Waals surface area contributed by atoms with Crippen LogP contribution < -0.4 is 27.7 Å². The molecule has 1 aliphatic heterocycles. The van der Waals surface area contributed by atoms with E-state index in [9.17, 15) is 14.9 Å². The fraction of sp³-hybridized carbons (Fsp3) is 0.591. The molecule has 8 nitrogen and oxygen atoms in total. The maximum Gasteiger partial charge on any atom is 0.350 e. The van der Waals surface area contributed by atoms with Gasteiger partial charge in [0.25, 0.3) is 5.56 Å². The Morgan fingerprint density at radius 2 is 1.84 bits per heavy atom. The molecule has 0 radical (unpaired) electrons. The zero-order valence-corrected chi connectivity index (χ0v) is 18.2. The van der Waals surface area contributed by atoms with Crippen molar-refractivity contribution in [2.24, 2.45) is 17.1 Å². The lowest BCUT2D eigenvalue weighted by atomic mass is 9.75. The van der Waals surface area contributed by atoms with Gasteiger partial charge in [-0.1, -0.05) is 0 Å². The molecule has 1 aromatic carbocycles. The lowest BCUT2D eigenvalue weighted by molar-refractivity contribution is 0.240. The first kappa shape index (κ1) is 21.4. The lowest BCUT2D eigenvalue weighted by Gasteiger charge is -2.40. The molecule has 166 valence electrons. The molecule has 2 aromatic rings. The Bertz CT molecular complexity index is 1200. The van der Waals surface area contributed by atoms with Crippen LogP contribution in [-0.4, -0.2) is 28.4 Å². The summed E-state index contributed by atoms with van der Waals surface area (Å²) in [6.45, 7) is 6.63. The third kappa shape index (κ3) is 3.39. The normalized spacial score (nSPS) is 18.9. The second-order valence-electron chi connectivity index (χ2n) is 9.47. The van der Waals surface area contributed by atoms with Gasteiger partial charge in [-0.15, -0.1) is 0 Å². The van der Waals surface area contributed by atoms with E-state index in [1.807, 2.05) is 18.7 Å². The summed E-state index contributed by atoms with van der Waals surface area (Å²) in [6, 6.07) is 3.22. The molecule has 0 bridgehead atoms. The molecule has 4 N–H and O–H groups in total. The van der Waals surface area contributed by atoms with Gasteiger partial charge in [0.2, 0.25) is 0 Å². The average molecular weight is 429 g/mol. The van der Waals surface area contributed by atoms with E-state index in [0.29, 0.717) is 34.5 Å². The predicted molar refractivity (Wildman–Crippen MR) is 118 cm³/mol. The number of benzene rings is 1. The van der Waals surface area contributed by atoms with Crippen LogP contribution in [-0.2, 0) is 0 Å². The van der Waals surface area contributed by atoms with Gasteiger partial charge in [-0.25, -0.2) is 9.18 Å². The van der Waals surface area contributed by atoms with E-state index < -0.39 is 22.5 Å². The fourth-order valence-electron chi connectivity index (χ4n) is 4.86. The summed E-state index contributed by atoms with van der Waals surface area (Å²) in [5.74, 6) is 5.36. The highest BCUT2D eigenvalue weighted by Crippen LogP contribution is 2.39. The molecule has 1 aliphatic carbocycles. The minimum Gasteiger partial charge on any atom is -0.369 e. The van der Waals surface area contributed by atoms with E-state index >= 15 is 4.39 Å². The number of anilines is 1. The molecule has 1 saturated heterocycles. The Balaban J connectivity index is 1.74. The molecule has 1 unspecified atom stereocenters. The second-order valence-corrected chi connectivity index (χ2v) is 9.47. The van der Waals surface area contributed by atoms with Gasteiger partial charge in [0.15, 0.2) is 0 Å². The molecule has 4 rings (SSSR count). The van der Waals surface area contributed by atoms with Gasteiger partial charge in [0.05, 0.1) is 28.1 Å². The number of aryl methyl sites for hydroxylation is 1. The highest BCUT2D eigenvalue weighted by Gasteiger charge is 2.36. The molecule has 1 saturated carbocycles. The number of nitrogens with zero attached hydrogens (tertiary/aromatic N) is 4. The zero-order chi connectivity index (χ0) is 22.7. The number of nitrogens with two attached hydrogens (primary N) is 2. The number of hydrogen-bond donors (Lipinski definition) is 2. The summed E-state index contributed by atoms with van der Waals surface area (Å²) in [5, 5.41) is 9.51. The summed E-state index contributed by atoms with van der Waals surface area (Å²) in [6.07, 6.45) is 3.14. The maximum absolute atomic E-state index is 15.2. The second kappa shape index (κ2) is 7.38. The summed E-state index contributed by atoms with van der Waals surface area (Å²) in [7, 11) is 0. The van der Waals surface area contributed by atoms with Gasteiger partial charge < -0.3 is 16.5 Å². The fourth-order valence-corrected chi connectivity index (χ4v) is 4.86. The average Bonchev–Trinajstić information content (AvgIpc) is 3.58. The Morgan fingerprint density at radius 1 is 1.23 bits per heavy atom. The van der Waals surface area contributed by atoms with E-state index in [1.165, 1.54) is 6.07 Å². The summed E-state index contributed by atoms with van der Waals surface area (Å²) >= 11 is 0. The van der Waals surface area contributed by atoms with Crippen LogP contribution in [0.3, 0.4) is 0 Å². The van der Waals surface area contributed by atoms with Crippen LogP contribution in [0.4, 0.5) is 10.1 Å². The lowest BCUT2D eigenvalue weighted by Crippen LogP contribution is -2.48. The van der Waals surface area contributed by atoms with Crippen molar-refractivity contribution in [3.8, 4) is 6.07 Å². The topological polar surface area (TPSA) is 123 Å². The van der Waals surface area contributed by atoms with Crippen molar-refractivity contribution in [2.75, 3.05) is 23.8 Å². The van der Waals surface area contributed by atoms with Gasteiger partial charge >= 0.3 is 5.69 Å². The predicted octanol–water partition coefficient (Wildman–Crippen LogP) is 1.75. The zero-order valence-electron chi connectivity index (χ0n) is 18.2. The van der Waals surface area contributed by atoms with E-state index in [0.717, 1.165) is 25.7 Å². The van der Waals surface area contributed by atoms with Gasteiger partial charge in [-0.05, 0) is 58.4 Å². The van der Waals surface area contributed by atoms with Crippen LogP contribution in [0.1, 0.15) is 51.1 Å². The van der Waals surface area contributed by atoms with Crippen LogP contribution in [0.25, 0.3) is 10.9 Å². The Hall–Kier alpha value is -2.86. The van der Waals surface area contributed by atoms with Crippen LogP contribution >= 0.6 is 0 Å². The van der Waals surface area contributed by atoms with E-state index in [4.69, 9.17) is 11.6 Å². The van der Waals surface area contributed by atoms with Crippen LogP contribution in [0.5, 0.6) is 0 Å². The molecular formula is C22H29FN6O2. The summed E-state index contributed by atoms with van der Waals surface area (Å²) < 4.78 is 17.4. The minimum absolute atomic E-state index is 0.0145. The molecule has 2 fully saturated rings. The van der Waals surface area contributed by atoms with Crippen molar-refractivity contribution in [2.45, 2.75) is 58.5 Å². The van der Waals surface area contributed by atoms with E-state index in [1.54, 1.807) is 11.5 Å². The van der Waals surface area contributed by atoms with Crippen molar-refractivity contribution in [3.05, 3.63) is 38.3 Å². The van der Waals surface area contributed by atoms with Gasteiger partial charge in [0.1, 0.15) is 5.82 Å². The smallest absolute Gasteiger partial charge is 0.350 e. The number of aromatic nitrogens is 2. The first-order valence-electron chi connectivity index (χ1n) is 10.8. The third-order valence-electron chi connectivity index (χ3n) is 6.96. The summed E-state index contributed by atoms with van der Waals surface area (Å²) in [5.41, 5.74) is 5.95. The minimum atomic E-state index is -0.686. The molecule has 1 aromatic heterocycles. The quantitative estimate of drug-likeness (QED) is 0.715. The van der Waals surface area contributed by atoms with Crippen molar-refractivity contribution < 1.29 is 4.39 Å². The first-order chi connectivity index (χ1) is 14.6. The summed E-state index contributed by atoms with van der Waals surface area (Å²) in [4.78, 5) is 27.2. The van der Waals surface area contributed by atoms with Crippen LogP contribution in [0.2, 0.25) is 0 Å². The van der Waals surface area contributed by atoms with Crippen LogP contribution in [0, 0.1) is 35.4 Å². The monoisotopic (exact) mass is 428 g/mol. The van der Waals surface area contributed by atoms with Gasteiger partial charge in [-0.2, -0.15) is 9.94 Å². The van der Waals surface area contributed by atoms with E-state index in [2.05, 4.69) is 6.07 Å². The molecular weight excluding hydrogens is 399 g/mol. The number of fused-ring (bicyclic) bond motifs is 1. The van der Waals surface area contributed by atoms with Crippen molar-refractivity contribution in [3.63, 3.8) is 0 Å². The van der Waals surface area contributed by atoms with Gasteiger partial charge in [0, 0.05) is 30.7 Å². The number of nitriles is 1. The van der Waals surface area contributed by atoms with Crippen molar-refractivity contribution in [1.29, 1.82) is 5.26 Å². The Labute approximate surface area is 179 Å². The SMILES string of the molecule is Cc1c(N2CCC(C(N)C(C)(C)C#N)CC2)c(F)cc2c(=O)n(N)c(=O)n(C3CC3)c12. The number of hydrogen-bond acceptors (Lipinski definition) is 6. The van der Waals surface area contributed by atoms with Crippen molar-refractivity contribution >= 4 is 16.6 Å². The first-order valence-corrected chi connectivity index (χ1v) is 10.8. The number of rotatable bonds is 4. The molecule has 1 atom stereocenters. The number of nitrogen functional groups attached to an aromatic ring is 1.